The Labute approximate surface area is 137 Å². The van der Waals surface area contributed by atoms with Gasteiger partial charge in [-0.25, -0.2) is 4.98 Å². The summed E-state index contributed by atoms with van der Waals surface area (Å²) in [6, 6.07) is 15.6. The molecule has 2 aromatic carbocycles. The van der Waals surface area contributed by atoms with Crippen LogP contribution in [0.1, 0.15) is 11.3 Å². The monoisotopic (exact) mass is 323 g/mol. The number of oxazole rings is 1. The van der Waals surface area contributed by atoms with Gasteiger partial charge in [-0.1, -0.05) is 35.5 Å². The molecular formula is C17H13N3O4. The number of nitro groups is 1. The summed E-state index contributed by atoms with van der Waals surface area (Å²) < 4.78 is 5.39. The van der Waals surface area contributed by atoms with Crippen molar-refractivity contribution >= 4 is 11.9 Å². The molecule has 24 heavy (non-hydrogen) atoms. The summed E-state index contributed by atoms with van der Waals surface area (Å²) >= 11 is 0. The van der Waals surface area contributed by atoms with Gasteiger partial charge in [-0.3, -0.25) is 10.1 Å². The fourth-order valence-electron chi connectivity index (χ4n) is 2.01. The zero-order valence-electron chi connectivity index (χ0n) is 12.5. The van der Waals surface area contributed by atoms with Crippen molar-refractivity contribution in [3.63, 3.8) is 0 Å². The molecule has 7 heteroatoms. The molecule has 3 aromatic rings. The quantitative estimate of drug-likeness (QED) is 0.391. The highest BCUT2D eigenvalue weighted by Gasteiger charge is 2.06. The third kappa shape index (κ3) is 3.83. The Kier molecular flexibility index (Phi) is 4.62. The zero-order chi connectivity index (χ0) is 16.8. The van der Waals surface area contributed by atoms with Crippen molar-refractivity contribution in [2.45, 2.75) is 6.61 Å². The Bertz CT molecular complexity index is 859. The maximum atomic E-state index is 10.7. The fourth-order valence-corrected chi connectivity index (χ4v) is 2.01. The Balaban J connectivity index is 1.58. The third-order valence-corrected chi connectivity index (χ3v) is 3.14. The lowest BCUT2D eigenvalue weighted by atomic mass is 10.2. The minimum Gasteiger partial charge on any atom is -0.444 e. The molecular weight excluding hydrogens is 310 g/mol. The van der Waals surface area contributed by atoms with Crippen molar-refractivity contribution in [2.24, 2.45) is 5.16 Å². The molecule has 0 aliphatic rings. The van der Waals surface area contributed by atoms with E-state index in [1.54, 1.807) is 12.1 Å². The lowest BCUT2D eigenvalue weighted by Crippen LogP contribution is -1.91. The second kappa shape index (κ2) is 7.19. The molecule has 0 radical (unpaired) electrons. The molecule has 0 bridgehead atoms. The largest absolute Gasteiger partial charge is 0.444 e. The number of nitro benzene ring substituents is 1. The number of oxime groups is 1. The number of hydrogen-bond acceptors (Lipinski definition) is 6. The van der Waals surface area contributed by atoms with Crippen molar-refractivity contribution in [1.82, 2.24) is 4.98 Å². The van der Waals surface area contributed by atoms with Gasteiger partial charge < -0.3 is 9.25 Å². The van der Waals surface area contributed by atoms with Crippen LogP contribution in [0.2, 0.25) is 0 Å². The van der Waals surface area contributed by atoms with Gasteiger partial charge in [-0.05, 0) is 12.1 Å². The molecule has 7 nitrogen and oxygen atoms in total. The van der Waals surface area contributed by atoms with Gasteiger partial charge in [0.25, 0.3) is 5.69 Å². The minimum absolute atomic E-state index is 0.00274. The number of benzene rings is 2. The van der Waals surface area contributed by atoms with Gasteiger partial charge in [0.1, 0.15) is 12.0 Å². The molecule has 0 amide bonds. The summed E-state index contributed by atoms with van der Waals surface area (Å²) in [5.74, 6) is 0.511. The number of hydrogen-bond donors (Lipinski definition) is 0. The van der Waals surface area contributed by atoms with Gasteiger partial charge in [-0.15, -0.1) is 0 Å². The maximum absolute atomic E-state index is 10.7. The zero-order valence-corrected chi connectivity index (χ0v) is 12.5. The van der Waals surface area contributed by atoms with E-state index in [1.165, 1.54) is 24.6 Å². The predicted molar refractivity (Wildman–Crippen MR) is 87.4 cm³/mol. The Morgan fingerprint density at radius 1 is 1.21 bits per heavy atom. The fraction of sp³-hybridized carbons (Fsp3) is 0.0588. The van der Waals surface area contributed by atoms with Gasteiger partial charge in [0.15, 0.2) is 6.61 Å². The molecule has 0 atom stereocenters. The topological polar surface area (TPSA) is 90.8 Å². The second-order valence-electron chi connectivity index (χ2n) is 4.87. The molecule has 0 spiro atoms. The van der Waals surface area contributed by atoms with Crippen LogP contribution in [0.15, 0.2) is 70.4 Å². The number of rotatable bonds is 6. The number of aromatic nitrogens is 1. The van der Waals surface area contributed by atoms with Gasteiger partial charge in [0, 0.05) is 23.3 Å². The average molecular weight is 323 g/mol. The van der Waals surface area contributed by atoms with Crippen LogP contribution in [0.4, 0.5) is 5.69 Å². The second-order valence-corrected chi connectivity index (χ2v) is 4.87. The van der Waals surface area contributed by atoms with Crippen molar-refractivity contribution in [1.29, 1.82) is 0 Å². The summed E-state index contributed by atoms with van der Waals surface area (Å²) in [6.07, 6.45) is 2.91. The van der Waals surface area contributed by atoms with Gasteiger partial charge in [0.05, 0.1) is 11.1 Å². The normalized spacial score (nSPS) is 10.8. The SMILES string of the molecule is O=[N+]([O-])c1cccc(/C=N\OCc2coc(-c3ccccc3)n2)c1. The predicted octanol–water partition coefficient (Wildman–Crippen LogP) is 3.80. The van der Waals surface area contributed by atoms with E-state index in [0.717, 1.165) is 5.56 Å². The van der Waals surface area contributed by atoms with Crippen molar-refractivity contribution in [3.05, 3.63) is 82.2 Å². The Hall–Kier alpha value is -3.48. The van der Waals surface area contributed by atoms with E-state index in [9.17, 15) is 10.1 Å². The Morgan fingerprint density at radius 3 is 2.83 bits per heavy atom. The standard InChI is InChI=1S/C17H13N3O4/c21-20(22)16-8-4-5-13(9-16)10-18-24-12-15-11-23-17(19-15)14-6-2-1-3-7-14/h1-11H,12H2/b18-10-. The first-order chi connectivity index (χ1) is 11.7. The summed E-state index contributed by atoms with van der Waals surface area (Å²) in [4.78, 5) is 19.7. The first-order valence-corrected chi connectivity index (χ1v) is 7.12. The van der Waals surface area contributed by atoms with Crippen LogP contribution in [-0.4, -0.2) is 16.1 Å². The molecule has 0 N–H and O–H groups in total. The van der Waals surface area contributed by atoms with E-state index in [2.05, 4.69) is 10.1 Å². The lowest BCUT2D eigenvalue weighted by molar-refractivity contribution is -0.384. The summed E-state index contributed by atoms with van der Waals surface area (Å²) in [7, 11) is 0. The highest BCUT2D eigenvalue weighted by atomic mass is 16.6. The summed E-state index contributed by atoms with van der Waals surface area (Å²) in [5.41, 5.74) is 2.06. The molecule has 0 saturated carbocycles. The van der Waals surface area contributed by atoms with Crippen molar-refractivity contribution < 1.29 is 14.2 Å². The van der Waals surface area contributed by atoms with Crippen LogP contribution in [-0.2, 0) is 11.4 Å². The van der Waals surface area contributed by atoms with Gasteiger partial charge in [-0.2, -0.15) is 0 Å². The molecule has 0 fully saturated rings. The smallest absolute Gasteiger partial charge is 0.270 e. The summed E-state index contributed by atoms with van der Waals surface area (Å²) in [5, 5.41) is 14.5. The van der Waals surface area contributed by atoms with Gasteiger partial charge in [0.2, 0.25) is 5.89 Å². The average Bonchev–Trinajstić information content (AvgIpc) is 3.09. The third-order valence-electron chi connectivity index (χ3n) is 3.14. The van der Waals surface area contributed by atoms with Crippen LogP contribution >= 0.6 is 0 Å². The van der Waals surface area contributed by atoms with E-state index in [0.29, 0.717) is 17.1 Å². The van der Waals surface area contributed by atoms with Gasteiger partial charge >= 0.3 is 0 Å². The molecule has 1 aromatic heterocycles. The van der Waals surface area contributed by atoms with Crippen LogP contribution < -0.4 is 0 Å². The van der Waals surface area contributed by atoms with E-state index in [1.807, 2.05) is 30.3 Å². The van der Waals surface area contributed by atoms with E-state index >= 15 is 0 Å². The van der Waals surface area contributed by atoms with E-state index in [-0.39, 0.29) is 12.3 Å². The Morgan fingerprint density at radius 2 is 2.04 bits per heavy atom. The van der Waals surface area contributed by atoms with Crippen molar-refractivity contribution in [2.75, 3.05) is 0 Å². The molecule has 3 rings (SSSR count). The minimum atomic E-state index is -0.460. The highest BCUT2D eigenvalue weighted by molar-refractivity contribution is 5.80. The van der Waals surface area contributed by atoms with E-state index in [4.69, 9.17) is 9.25 Å². The molecule has 0 saturated heterocycles. The number of non-ortho nitro benzene ring substituents is 1. The van der Waals surface area contributed by atoms with Crippen LogP contribution in [0.5, 0.6) is 0 Å². The molecule has 0 unspecified atom stereocenters. The molecule has 1 heterocycles. The molecule has 0 aliphatic carbocycles. The lowest BCUT2D eigenvalue weighted by Gasteiger charge is -1.96. The first-order valence-electron chi connectivity index (χ1n) is 7.12. The maximum Gasteiger partial charge on any atom is 0.270 e. The first kappa shape index (κ1) is 15.4. The van der Waals surface area contributed by atoms with Crippen LogP contribution in [0.25, 0.3) is 11.5 Å². The van der Waals surface area contributed by atoms with Crippen molar-refractivity contribution in [3.8, 4) is 11.5 Å². The number of nitrogens with zero attached hydrogens (tertiary/aromatic N) is 3. The van der Waals surface area contributed by atoms with E-state index < -0.39 is 4.92 Å². The van der Waals surface area contributed by atoms with Crippen LogP contribution in [0, 0.1) is 10.1 Å². The molecule has 0 aliphatic heterocycles. The summed E-state index contributed by atoms with van der Waals surface area (Å²) in [6.45, 7) is 0.141. The highest BCUT2D eigenvalue weighted by Crippen LogP contribution is 2.18. The molecule has 120 valence electrons. The van der Waals surface area contributed by atoms with Crippen LogP contribution in [0.3, 0.4) is 0 Å².